The van der Waals surface area contributed by atoms with E-state index in [1.165, 1.54) is 11.9 Å². The van der Waals surface area contributed by atoms with Crippen LogP contribution in [0.1, 0.15) is 24.5 Å². The lowest BCUT2D eigenvalue weighted by Gasteiger charge is -2.19. The minimum atomic E-state index is -3.20. The molecule has 158 valence electrons. The van der Waals surface area contributed by atoms with Crippen molar-refractivity contribution in [3.63, 3.8) is 0 Å². The molecule has 0 aliphatic carbocycles. The zero-order valence-electron chi connectivity index (χ0n) is 17.8. The van der Waals surface area contributed by atoms with Crippen LogP contribution in [0.4, 0.5) is 5.69 Å². The highest BCUT2D eigenvalue weighted by molar-refractivity contribution is 7.90. The fourth-order valence-corrected chi connectivity index (χ4v) is 4.03. The molecule has 0 spiro atoms. The highest BCUT2D eigenvalue weighted by Gasteiger charge is 2.10. The molecule has 0 atom stereocenters. The molecule has 2 aromatic rings. The Hall–Kier alpha value is -2.54. The molecule has 7 heteroatoms. The second kappa shape index (κ2) is 10.9. The Kier molecular flexibility index (Phi) is 8.51. The highest BCUT2D eigenvalue weighted by Crippen LogP contribution is 2.17. The maximum absolute atomic E-state index is 11.8. The van der Waals surface area contributed by atoms with Crippen LogP contribution in [0.25, 0.3) is 0 Å². The molecule has 29 heavy (non-hydrogen) atoms. The summed E-state index contributed by atoms with van der Waals surface area (Å²) in [5, 5.41) is 6.62. The number of nitrogens with zero attached hydrogens (tertiary/aromatic N) is 2. The Bertz CT molecular complexity index is 912. The zero-order chi connectivity index (χ0) is 21.3. The summed E-state index contributed by atoms with van der Waals surface area (Å²) in [4.78, 5) is 7.23. The second-order valence-electron chi connectivity index (χ2n) is 7.10. The number of benzene rings is 2. The Morgan fingerprint density at radius 1 is 1.10 bits per heavy atom. The van der Waals surface area contributed by atoms with E-state index in [1.54, 1.807) is 6.07 Å². The van der Waals surface area contributed by atoms with Crippen molar-refractivity contribution in [1.82, 2.24) is 10.6 Å². The van der Waals surface area contributed by atoms with Gasteiger partial charge in [0.05, 0.1) is 11.4 Å². The molecule has 0 amide bonds. The summed E-state index contributed by atoms with van der Waals surface area (Å²) in [6, 6.07) is 15.7. The van der Waals surface area contributed by atoms with Gasteiger partial charge in [-0.1, -0.05) is 30.3 Å². The van der Waals surface area contributed by atoms with Crippen LogP contribution in [-0.2, 0) is 16.4 Å². The summed E-state index contributed by atoms with van der Waals surface area (Å²) in [6.45, 7) is 6.88. The normalized spacial score (nSPS) is 11.9. The van der Waals surface area contributed by atoms with E-state index in [1.807, 2.05) is 44.2 Å². The summed E-state index contributed by atoms with van der Waals surface area (Å²) in [5.41, 5.74) is 2.94. The Labute approximate surface area is 175 Å². The Morgan fingerprint density at radius 3 is 2.45 bits per heavy atom. The minimum absolute atomic E-state index is 0.373. The van der Waals surface area contributed by atoms with Crippen molar-refractivity contribution in [3.8, 4) is 0 Å². The quantitative estimate of drug-likeness (QED) is 0.373. The van der Waals surface area contributed by atoms with Gasteiger partial charge in [-0.25, -0.2) is 13.4 Å². The second-order valence-corrected chi connectivity index (χ2v) is 9.09. The van der Waals surface area contributed by atoms with Crippen LogP contribution in [0.3, 0.4) is 0 Å². The zero-order valence-corrected chi connectivity index (χ0v) is 18.6. The van der Waals surface area contributed by atoms with Gasteiger partial charge in [0, 0.05) is 38.6 Å². The molecular weight excluding hydrogens is 384 g/mol. The van der Waals surface area contributed by atoms with Gasteiger partial charge in [0.15, 0.2) is 15.8 Å². The largest absolute Gasteiger partial charge is 0.375 e. The van der Waals surface area contributed by atoms with Crippen LogP contribution in [0.15, 0.2) is 58.4 Å². The first-order chi connectivity index (χ1) is 13.8. The van der Waals surface area contributed by atoms with Gasteiger partial charge in [0.2, 0.25) is 0 Å². The van der Waals surface area contributed by atoms with Gasteiger partial charge in [-0.2, -0.15) is 0 Å². The fraction of sp³-hybridized carbons (Fsp3) is 0.409. The predicted octanol–water partition coefficient (Wildman–Crippen LogP) is 2.98. The number of sulfone groups is 1. The number of hydrogen-bond donors (Lipinski definition) is 2. The molecule has 0 aromatic heterocycles. The van der Waals surface area contributed by atoms with Crippen LogP contribution in [0, 0.1) is 6.92 Å². The maximum Gasteiger partial charge on any atom is 0.191 e. The van der Waals surface area contributed by atoms with Gasteiger partial charge in [-0.3, -0.25) is 0 Å². The first-order valence-electron chi connectivity index (χ1n) is 9.89. The molecule has 6 nitrogen and oxygen atoms in total. The number of guanidine groups is 1. The first-order valence-corrected chi connectivity index (χ1v) is 11.8. The lowest BCUT2D eigenvalue weighted by atomic mass is 10.1. The van der Waals surface area contributed by atoms with E-state index in [0.717, 1.165) is 43.1 Å². The van der Waals surface area contributed by atoms with E-state index in [9.17, 15) is 8.42 Å². The van der Waals surface area contributed by atoms with Crippen molar-refractivity contribution in [3.05, 3.63) is 59.7 Å². The van der Waals surface area contributed by atoms with Crippen molar-refractivity contribution >= 4 is 21.5 Å². The monoisotopic (exact) mass is 416 g/mol. The SMILES string of the molecule is CCNC(=NCc1ccc(S(C)(=O)=O)c(C)c1)NCCCN(C)c1ccccc1. The van der Waals surface area contributed by atoms with E-state index in [2.05, 4.69) is 39.7 Å². The topological polar surface area (TPSA) is 73.8 Å². The number of para-hydroxylation sites is 1. The van der Waals surface area contributed by atoms with Crippen molar-refractivity contribution in [2.45, 2.75) is 31.7 Å². The summed E-state index contributed by atoms with van der Waals surface area (Å²) < 4.78 is 23.5. The summed E-state index contributed by atoms with van der Waals surface area (Å²) in [6.07, 6.45) is 2.22. The molecule has 0 fully saturated rings. The molecule has 0 aliphatic heterocycles. The third-order valence-electron chi connectivity index (χ3n) is 4.56. The molecule has 0 radical (unpaired) electrons. The Morgan fingerprint density at radius 2 is 1.83 bits per heavy atom. The molecule has 2 rings (SSSR count). The smallest absolute Gasteiger partial charge is 0.191 e. The molecule has 0 unspecified atom stereocenters. The van der Waals surface area contributed by atoms with Gasteiger partial charge in [0.25, 0.3) is 0 Å². The molecule has 0 bridgehead atoms. The van der Waals surface area contributed by atoms with E-state index < -0.39 is 9.84 Å². The standard InChI is InChI=1S/C22H32N4O2S/c1-5-23-22(24-14-9-15-26(3)20-10-7-6-8-11-20)25-17-19-12-13-21(18(2)16-19)29(4,27)28/h6-8,10-13,16H,5,9,14-15,17H2,1-4H3,(H2,23,24,25). The molecule has 0 aliphatic rings. The van der Waals surface area contributed by atoms with E-state index >= 15 is 0 Å². The van der Waals surface area contributed by atoms with Crippen LogP contribution in [-0.4, -0.2) is 47.3 Å². The summed E-state index contributed by atoms with van der Waals surface area (Å²) >= 11 is 0. The van der Waals surface area contributed by atoms with Crippen molar-refractivity contribution in [2.75, 3.05) is 37.8 Å². The lowest BCUT2D eigenvalue weighted by molar-refractivity contribution is 0.601. The van der Waals surface area contributed by atoms with Crippen molar-refractivity contribution in [1.29, 1.82) is 0 Å². The van der Waals surface area contributed by atoms with Crippen LogP contribution in [0.2, 0.25) is 0 Å². The van der Waals surface area contributed by atoms with E-state index in [0.29, 0.717) is 11.4 Å². The van der Waals surface area contributed by atoms with Gasteiger partial charge in [-0.05, 0) is 49.6 Å². The lowest BCUT2D eigenvalue weighted by Crippen LogP contribution is -2.38. The average molecular weight is 417 g/mol. The highest BCUT2D eigenvalue weighted by atomic mass is 32.2. The molecule has 0 saturated heterocycles. The fourth-order valence-electron chi connectivity index (χ4n) is 3.07. The van der Waals surface area contributed by atoms with Crippen molar-refractivity contribution < 1.29 is 8.42 Å². The molecule has 0 heterocycles. The van der Waals surface area contributed by atoms with Gasteiger partial charge in [-0.15, -0.1) is 0 Å². The number of hydrogen-bond acceptors (Lipinski definition) is 4. The van der Waals surface area contributed by atoms with Gasteiger partial charge in [0.1, 0.15) is 0 Å². The number of anilines is 1. The van der Waals surface area contributed by atoms with E-state index in [4.69, 9.17) is 0 Å². The summed E-state index contributed by atoms with van der Waals surface area (Å²) in [7, 11) is -1.10. The van der Waals surface area contributed by atoms with Crippen LogP contribution in [0.5, 0.6) is 0 Å². The Balaban J connectivity index is 1.88. The first kappa shape index (κ1) is 22.7. The van der Waals surface area contributed by atoms with Crippen LogP contribution < -0.4 is 15.5 Å². The molecule has 0 saturated carbocycles. The van der Waals surface area contributed by atoms with Gasteiger partial charge >= 0.3 is 0 Å². The van der Waals surface area contributed by atoms with E-state index in [-0.39, 0.29) is 0 Å². The maximum atomic E-state index is 11.8. The number of nitrogens with one attached hydrogen (secondary N) is 2. The molecule has 2 aromatic carbocycles. The number of rotatable bonds is 9. The predicted molar refractivity (Wildman–Crippen MR) is 121 cm³/mol. The molecular formula is C22H32N4O2S. The average Bonchev–Trinajstić information content (AvgIpc) is 2.68. The van der Waals surface area contributed by atoms with Gasteiger partial charge < -0.3 is 15.5 Å². The number of aryl methyl sites for hydroxylation is 1. The molecule has 2 N–H and O–H groups in total. The third kappa shape index (κ3) is 7.42. The van der Waals surface area contributed by atoms with Crippen LogP contribution >= 0.6 is 0 Å². The third-order valence-corrected chi connectivity index (χ3v) is 5.82. The number of aliphatic imine (C=N–C) groups is 1. The van der Waals surface area contributed by atoms with Crippen molar-refractivity contribution in [2.24, 2.45) is 4.99 Å². The minimum Gasteiger partial charge on any atom is -0.375 e. The summed E-state index contributed by atoms with van der Waals surface area (Å²) in [5.74, 6) is 0.764.